The molecule has 2 heterocycles. The average molecular weight is 216 g/mol. The van der Waals surface area contributed by atoms with E-state index in [0.29, 0.717) is 10.7 Å². The van der Waals surface area contributed by atoms with Crippen LogP contribution < -0.4 is 10.0 Å². The van der Waals surface area contributed by atoms with E-state index in [1.165, 1.54) is 6.42 Å². The summed E-state index contributed by atoms with van der Waals surface area (Å²) in [6.45, 7) is 1.02. The Morgan fingerprint density at radius 1 is 1.62 bits per heavy atom. The largest absolute Gasteiger partial charge is 0.397 e. The molecule has 0 atom stereocenters. The van der Waals surface area contributed by atoms with Crippen LogP contribution in [0.15, 0.2) is 12.3 Å². The minimum absolute atomic E-state index is 0.609. The van der Waals surface area contributed by atoms with Crippen molar-refractivity contribution in [2.24, 2.45) is 0 Å². The summed E-state index contributed by atoms with van der Waals surface area (Å²) in [5, 5.41) is 0.634. The van der Waals surface area contributed by atoms with Gasteiger partial charge in [-0.25, -0.2) is 4.98 Å². The van der Waals surface area contributed by atoms with E-state index in [1.807, 2.05) is 0 Å². The molecular formula is C8H10ClN3S. The van der Waals surface area contributed by atoms with Gasteiger partial charge in [-0.3, -0.25) is 4.31 Å². The summed E-state index contributed by atoms with van der Waals surface area (Å²) >= 11 is 7.77. The predicted molar refractivity (Wildman–Crippen MR) is 58.1 cm³/mol. The van der Waals surface area contributed by atoms with E-state index in [2.05, 4.69) is 9.29 Å². The molecule has 3 nitrogen and oxygen atoms in total. The number of nitrogens with zero attached hydrogens (tertiary/aromatic N) is 2. The Labute approximate surface area is 86.4 Å². The van der Waals surface area contributed by atoms with Gasteiger partial charge in [-0.2, -0.15) is 0 Å². The third kappa shape index (κ3) is 1.84. The Bertz CT molecular complexity index is 312. The average Bonchev–Trinajstić information content (AvgIpc) is 2.56. The molecule has 2 N–H and O–H groups in total. The fraction of sp³-hybridized carbons (Fsp3) is 0.375. The summed E-state index contributed by atoms with van der Waals surface area (Å²) in [6.07, 6.45) is 2.83. The number of pyridine rings is 1. The van der Waals surface area contributed by atoms with Gasteiger partial charge in [-0.1, -0.05) is 11.6 Å². The van der Waals surface area contributed by atoms with E-state index >= 15 is 0 Å². The molecule has 1 aromatic rings. The van der Waals surface area contributed by atoms with E-state index in [4.69, 9.17) is 17.3 Å². The van der Waals surface area contributed by atoms with Gasteiger partial charge in [-0.15, -0.1) is 0 Å². The first-order chi connectivity index (χ1) is 6.27. The number of nitrogens with two attached hydrogens (primary N) is 1. The maximum atomic E-state index is 6.01. The SMILES string of the molecule is Nc1cnc(N2CCCS2)c(Cl)c1. The highest BCUT2D eigenvalue weighted by Crippen LogP contribution is 2.32. The normalized spacial score (nSPS) is 16.5. The lowest BCUT2D eigenvalue weighted by atomic mass is 10.4. The maximum Gasteiger partial charge on any atom is 0.157 e. The Morgan fingerprint density at radius 3 is 3.08 bits per heavy atom. The zero-order chi connectivity index (χ0) is 9.26. The molecule has 0 spiro atoms. The zero-order valence-electron chi connectivity index (χ0n) is 7.03. The number of nitrogen functional groups attached to an aromatic ring is 1. The van der Waals surface area contributed by atoms with Gasteiger partial charge < -0.3 is 5.73 Å². The maximum absolute atomic E-state index is 6.01. The van der Waals surface area contributed by atoms with Crippen molar-refractivity contribution in [3.8, 4) is 0 Å². The number of halogens is 1. The van der Waals surface area contributed by atoms with E-state index in [0.717, 1.165) is 18.1 Å². The number of hydrogen-bond acceptors (Lipinski definition) is 4. The summed E-state index contributed by atoms with van der Waals surface area (Å²) in [4.78, 5) is 4.21. The minimum Gasteiger partial charge on any atom is -0.397 e. The predicted octanol–water partition coefficient (Wildman–Crippen LogP) is 2.18. The van der Waals surface area contributed by atoms with E-state index < -0.39 is 0 Å². The van der Waals surface area contributed by atoms with Crippen molar-refractivity contribution in [3.05, 3.63) is 17.3 Å². The highest BCUT2D eigenvalue weighted by Gasteiger charge is 2.17. The molecule has 2 rings (SSSR count). The van der Waals surface area contributed by atoms with Gasteiger partial charge in [0.2, 0.25) is 0 Å². The molecule has 5 heteroatoms. The molecule has 70 valence electrons. The first-order valence-electron chi connectivity index (χ1n) is 4.09. The molecular weight excluding hydrogens is 206 g/mol. The van der Waals surface area contributed by atoms with Gasteiger partial charge in [0.15, 0.2) is 5.82 Å². The van der Waals surface area contributed by atoms with Crippen molar-refractivity contribution in [3.63, 3.8) is 0 Å². The lowest BCUT2D eigenvalue weighted by Crippen LogP contribution is -2.11. The van der Waals surface area contributed by atoms with Crippen LogP contribution in [0.4, 0.5) is 11.5 Å². The third-order valence-electron chi connectivity index (χ3n) is 1.83. The van der Waals surface area contributed by atoms with Gasteiger partial charge in [0, 0.05) is 12.3 Å². The van der Waals surface area contributed by atoms with Crippen LogP contribution >= 0.6 is 23.5 Å². The Balaban J connectivity index is 2.29. The van der Waals surface area contributed by atoms with Gasteiger partial charge in [0.1, 0.15) is 0 Å². The molecule has 0 amide bonds. The quantitative estimate of drug-likeness (QED) is 0.730. The molecule has 0 radical (unpaired) electrons. The smallest absolute Gasteiger partial charge is 0.157 e. The molecule has 13 heavy (non-hydrogen) atoms. The summed E-state index contributed by atoms with van der Waals surface area (Å²) in [6, 6.07) is 1.74. The Hall–Kier alpha value is -0.610. The molecule has 0 aromatic carbocycles. The lowest BCUT2D eigenvalue weighted by molar-refractivity contribution is 0.974. The lowest BCUT2D eigenvalue weighted by Gasteiger charge is -2.15. The van der Waals surface area contributed by atoms with Crippen LogP contribution in [0.5, 0.6) is 0 Å². The van der Waals surface area contributed by atoms with Crippen LogP contribution in [0.1, 0.15) is 6.42 Å². The van der Waals surface area contributed by atoms with Crippen molar-refractivity contribution in [2.75, 3.05) is 22.3 Å². The zero-order valence-corrected chi connectivity index (χ0v) is 8.61. The van der Waals surface area contributed by atoms with Crippen LogP contribution in [0.2, 0.25) is 5.02 Å². The van der Waals surface area contributed by atoms with Gasteiger partial charge in [-0.05, 0) is 24.4 Å². The van der Waals surface area contributed by atoms with Crippen molar-refractivity contribution in [1.29, 1.82) is 0 Å². The summed E-state index contributed by atoms with van der Waals surface area (Å²) in [5.74, 6) is 1.97. The molecule has 1 aliphatic heterocycles. The van der Waals surface area contributed by atoms with Crippen molar-refractivity contribution < 1.29 is 0 Å². The molecule has 1 aliphatic rings. The fourth-order valence-electron chi connectivity index (χ4n) is 1.24. The molecule has 0 bridgehead atoms. The van der Waals surface area contributed by atoms with Crippen LogP contribution in [0.3, 0.4) is 0 Å². The molecule has 1 aromatic heterocycles. The number of aromatic nitrogens is 1. The number of anilines is 2. The van der Waals surface area contributed by atoms with Gasteiger partial charge >= 0.3 is 0 Å². The Kier molecular flexibility index (Phi) is 2.51. The molecule has 1 fully saturated rings. The van der Waals surface area contributed by atoms with E-state index in [-0.39, 0.29) is 0 Å². The molecule has 0 unspecified atom stereocenters. The second-order valence-corrected chi connectivity index (χ2v) is 4.38. The topological polar surface area (TPSA) is 42.1 Å². The standard InChI is InChI=1S/C8H10ClN3S/c9-7-4-6(10)5-11-8(7)12-2-1-3-13-12/h4-5H,1-3,10H2. The third-order valence-corrected chi connectivity index (χ3v) is 3.25. The first kappa shape index (κ1) is 8.97. The van der Waals surface area contributed by atoms with Gasteiger partial charge in [0.25, 0.3) is 0 Å². The van der Waals surface area contributed by atoms with Crippen LogP contribution in [-0.2, 0) is 0 Å². The van der Waals surface area contributed by atoms with Crippen LogP contribution in [0, 0.1) is 0 Å². The molecule has 1 saturated heterocycles. The fourth-order valence-corrected chi connectivity index (χ4v) is 2.57. The highest BCUT2D eigenvalue weighted by molar-refractivity contribution is 8.00. The number of hydrogen-bond donors (Lipinski definition) is 1. The van der Waals surface area contributed by atoms with Crippen LogP contribution in [-0.4, -0.2) is 17.3 Å². The second kappa shape index (κ2) is 3.64. The van der Waals surface area contributed by atoms with Crippen LogP contribution in [0.25, 0.3) is 0 Å². The second-order valence-electron chi connectivity index (χ2n) is 2.86. The first-order valence-corrected chi connectivity index (χ1v) is 5.41. The van der Waals surface area contributed by atoms with E-state index in [1.54, 1.807) is 24.2 Å². The van der Waals surface area contributed by atoms with E-state index in [9.17, 15) is 0 Å². The molecule has 0 aliphatic carbocycles. The summed E-state index contributed by atoms with van der Waals surface area (Å²) in [7, 11) is 0. The van der Waals surface area contributed by atoms with Gasteiger partial charge in [0.05, 0.1) is 16.9 Å². The summed E-state index contributed by atoms with van der Waals surface area (Å²) < 4.78 is 2.11. The highest BCUT2D eigenvalue weighted by atomic mass is 35.5. The Morgan fingerprint density at radius 2 is 2.46 bits per heavy atom. The minimum atomic E-state index is 0.609. The molecule has 0 saturated carbocycles. The van der Waals surface area contributed by atoms with Crippen molar-refractivity contribution >= 4 is 35.1 Å². The van der Waals surface area contributed by atoms with Crippen molar-refractivity contribution in [1.82, 2.24) is 4.98 Å². The monoisotopic (exact) mass is 215 g/mol. The number of rotatable bonds is 1. The van der Waals surface area contributed by atoms with Crippen molar-refractivity contribution in [2.45, 2.75) is 6.42 Å². The summed E-state index contributed by atoms with van der Waals surface area (Å²) in [5.41, 5.74) is 6.16.